The van der Waals surface area contributed by atoms with E-state index < -0.39 is 0 Å². The summed E-state index contributed by atoms with van der Waals surface area (Å²) in [6, 6.07) is 23.0. The summed E-state index contributed by atoms with van der Waals surface area (Å²) in [7, 11) is 1.59. The van der Waals surface area contributed by atoms with Gasteiger partial charge in [0.1, 0.15) is 5.75 Å². The van der Waals surface area contributed by atoms with Crippen LogP contribution < -0.4 is 10.3 Å². The maximum absolute atomic E-state index is 13.6. The molecule has 0 saturated carbocycles. The minimum Gasteiger partial charge on any atom is -0.495 e. The van der Waals surface area contributed by atoms with Crippen LogP contribution in [0.2, 0.25) is 0 Å². The number of fused-ring (bicyclic) bond motifs is 3. The summed E-state index contributed by atoms with van der Waals surface area (Å²) in [5.74, 6) is 2.72. The quantitative estimate of drug-likeness (QED) is 0.290. The number of nitrogens with zero attached hydrogens (tertiary/aromatic N) is 5. The molecular weight excluding hydrogens is 474 g/mol. The van der Waals surface area contributed by atoms with E-state index in [1.165, 1.54) is 11.8 Å². The van der Waals surface area contributed by atoms with Crippen LogP contribution in [-0.4, -0.2) is 31.3 Å². The molecule has 3 aromatic heterocycles. The fraction of sp³-hybridized carbons (Fsp3) is 0.111. The summed E-state index contributed by atoms with van der Waals surface area (Å²) in [6.07, 6.45) is 1.73. The number of hydrogen-bond donors (Lipinski definition) is 0. The first kappa shape index (κ1) is 22.1. The van der Waals surface area contributed by atoms with Gasteiger partial charge in [-0.25, -0.2) is 9.55 Å². The Bertz CT molecular complexity index is 1770. The van der Waals surface area contributed by atoms with Crippen molar-refractivity contribution < 1.29 is 9.15 Å². The molecule has 0 atom stereocenters. The average Bonchev–Trinajstić information content (AvgIpc) is 3.56. The van der Waals surface area contributed by atoms with Gasteiger partial charge in [0.2, 0.25) is 11.7 Å². The van der Waals surface area contributed by atoms with Gasteiger partial charge in [-0.3, -0.25) is 9.20 Å². The SMILES string of the molecule is COc1ccc(C)cc1-n1c(=O)c2ccccc2n2c(SCc3ncc(-c4ccccc4)o3)nnc12. The first-order valence-electron chi connectivity index (χ1n) is 11.3. The summed E-state index contributed by atoms with van der Waals surface area (Å²) < 4.78 is 15.0. The summed E-state index contributed by atoms with van der Waals surface area (Å²) in [5.41, 5.74) is 3.12. The fourth-order valence-electron chi connectivity index (χ4n) is 4.20. The molecule has 0 N–H and O–H groups in total. The van der Waals surface area contributed by atoms with Gasteiger partial charge in [-0.1, -0.05) is 60.3 Å². The number of aromatic nitrogens is 5. The van der Waals surface area contributed by atoms with Crippen molar-refractivity contribution in [3.8, 4) is 22.8 Å². The maximum Gasteiger partial charge on any atom is 0.267 e. The molecule has 0 saturated heterocycles. The van der Waals surface area contributed by atoms with Crippen LogP contribution in [0.4, 0.5) is 0 Å². The lowest BCUT2D eigenvalue weighted by Crippen LogP contribution is -2.22. The zero-order valence-corrected chi connectivity index (χ0v) is 20.4. The van der Waals surface area contributed by atoms with Crippen LogP contribution in [0.3, 0.4) is 0 Å². The van der Waals surface area contributed by atoms with Gasteiger partial charge in [0.15, 0.2) is 10.9 Å². The van der Waals surface area contributed by atoms with Crippen molar-refractivity contribution in [2.75, 3.05) is 7.11 Å². The van der Waals surface area contributed by atoms with Gasteiger partial charge >= 0.3 is 0 Å². The average molecular weight is 496 g/mol. The molecule has 0 fully saturated rings. The number of benzene rings is 3. The number of methoxy groups -OCH3 is 1. The van der Waals surface area contributed by atoms with E-state index in [1.807, 2.05) is 84.1 Å². The fourth-order valence-corrected chi connectivity index (χ4v) is 5.00. The van der Waals surface area contributed by atoms with Gasteiger partial charge < -0.3 is 9.15 Å². The van der Waals surface area contributed by atoms with Crippen LogP contribution in [0.5, 0.6) is 5.75 Å². The molecule has 0 unspecified atom stereocenters. The molecule has 6 aromatic rings. The molecule has 36 heavy (non-hydrogen) atoms. The largest absolute Gasteiger partial charge is 0.495 e. The number of ether oxygens (including phenoxy) is 1. The van der Waals surface area contributed by atoms with Crippen molar-refractivity contribution in [1.82, 2.24) is 24.1 Å². The van der Waals surface area contributed by atoms with Crippen molar-refractivity contribution in [1.29, 1.82) is 0 Å². The zero-order valence-electron chi connectivity index (χ0n) is 19.6. The molecule has 8 nitrogen and oxygen atoms in total. The molecule has 3 heterocycles. The highest BCUT2D eigenvalue weighted by Gasteiger charge is 2.20. The predicted molar refractivity (Wildman–Crippen MR) is 139 cm³/mol. The molecule has 0 aliphatic rings. The summed E-state index contributed by atoms with van der Waals surface area (Å²) >= 11 is 1.44. The summed E-state index contributed by atoms with van der Waals surface area (Å²) in [5, 5.41) is 10.0. The minimum absolute atomic E-state index is 0.189. The van der Waals surface area contributed by atoms with E-state index in [0.717, 1.165) is 16.6 Å². The lowest BCUT2D eigenvalue weighted by molar-refractivity contribution is 0.412. The van der Waals surface area contributed by atoms with E-state index in [2.05, 4.69) is 15.2 Å². The lowest BCUT2D eigenvalue weighted by Gasteiger charge is -2.14. The molecule has 0 spiro atoms. The topological polar surface area (TPSA) is 87.5 Å². The van der Waals surface area contributed by atoms with E-state index in [0.29, 0.717) is 45.2 Å². The number of thioether (sulfide) groups is 1. The number of oxazole rings is 1. The summed E-state index contributed by atoms with van der Waals surface area (Å²) in [6.45, 7) is 1.97. The van der Waals surface area contributed by atoms with Crippen molar-refractivity contribution in [3.05, 3.63) is 101 Å². The molecule has 0 amide bonds. The zero-order chi connectivity index (χ0) is 24.6. The first-order valence-corrected chi connectivity index (χ1v) is 12.3. The predicted octanol–water partition coefficient (Wildman–Crippen LogP) is 5.30. The van der Waals surface area contributed by atoms with E-state index in [1.54, 1.807) is 17.9 Å². The van der Waals surface area contributed by atoms with Crippen molar-refractivity contribution in [2.45, 2.75) is 17.8 Å². The van der Waals surface area contributed by atoms with Crippen molar-refractivity contribution in [2.24, 2.45) is 0 Å². The van der Waals surface area contributed by atoms with Crippen LogP contribution in [0.25, 0.3) is 33.7 Å². The second-order valence-electron chi connectivity index (χ2n) is 8.22. The monoisotopic (exact) mass is 495 g/mol. The van der Waals surface area contributed by atoms with Gasteiger partial charge in [-0.15, -0.1) is 10.2 Å². The Hall–Kier alpha value is -4.37. The molecule has 178 valence electrons. The molecule has 3 aromatic carbocycles. The summed E-state index contributed by atoms with van der Waals surface area (Å²) in [4.78, 5) is 18.1. The Kier molecular flexibility index (Phi) is 5.54. The molecule has 9 heteroatoms. The second kappa shape index (κ2) is 9.01. The highest BCUT2D eigenvalue weighted by atomic mass is 32.2. The Balaban J connectivity index is 1.46. The van der Waals surface area contributed by atoms with E-state index >= 15 is 0 Å². The Morgan fingerprint density at radius 3 is 2.64 bits per heavy atom. The molecule has 0 radical (unpaired) electrons. The third kappa shape index (κ3) is 3.74. The van der Waals surface area contributed by atoms with Crippen molar-refractivity contribution >= 4 is 28.4 Å². The van der Waals surface area contributed by atoms with Crippen LogP contribution >= 0.6 is 11.8 Å². The molecule has 6 rings (SSSR count). The van der Waals surface area contributed by atoms with E-state index in [-0.39, 0.29) is 5.56 Å². The van der Waals surface area contributed by atoms with Gasteiger partial charge in [-0.05, 0) is 36.8 Å². The van der Waals surface area contributed by atoms with E-state index in [4.69, 9.17) is 9.15 Å². The minimum atomic E-state index is -0.189. The van der Waals surface area contributed by atoms with Gasteiger partial charge in [-0.2, -0.15) is 0 Å². The number of hydrogen-bond acceptors (Lipinski definition) is 7. The smallest absolute Gasteiger partial charge is 0.267 e. The van der Waals surface area contributed by atoms with Crippen LogP contribution in [0.1, 0.15) is 11.5 Å². The van der Waals surface area contributed by atoms with Crippen molar-refractivity contribution in [3.63, 3.8) is 0 Å². The lowest BCUT2D eigenvalue weighted by atomic mass is 10.2. The molecule has 0 aliphatic heterocycles. The third-order valence-electron chi connectivity index (χ3n) is 5.91. The molecule has 0 aliphatic carbocycles. The van der Waals surface area contributed by atoms with Crippen LogP contribution in [0, 0.1) is 6.92 Å². The molecular formula is C27H21N5O3S. The highest BCUT2D eigenvalue weighted by Crippen LogP contribution is 2.29. The maximum atomic E-state index is 13.6. The Morgan fingerprint density at radius 2 is 1.81 bits per heavy atom. The normalized spacial score (nSPS) is 11.4. The van der Waals surface area contributed by atoms with Gasteiger partial charge in [0.05, 0.1) is 35.6 Å². The molecule has 0 bridgehead atoms. The van der Waals surface area contributed by atoms with Gasteiger partial charge in [0, 0.05) is 5.56 Å². The Morgan fingerprint density at radius 1 is 1.00 bits per heavy atom. The number of rotatable bonds is 6. The van der Waals surface area contributed by atoms with Crippen LogP contribution in [0.15, 0.2) is 93.4 Å². The van der Waals surface area contributed by atoms with Gasteiger partial charge in [0.25, 0.3) is 5.56 Å². The first-order chi connectivity index (χ1) is 17.6. The second-order valence-corrected chi connectivity index (χ2v) is 9.17. The van der Waals surface area contributed by atoms with E-state index in [9.17, 15) is 4.79 Å². The van der Waals surface area contributed by atoms with Crippen LogP contribution in [-0.2, 0) is 5.75 Å². The third-order valence-corrected chi connectivity index (χ3v) is 6.82. The number of aryl methyl sites for hydroxylation is 1. The number of para-hydroxylation sites is 1. The standard InChI is InChI=1S/C27H21N5O3S/c1-17-12-13-22(34-2)21(14-17)31-25(33)19-10-6-7-11-20(19)32-26(31)29-30-27(32)36-16-24-28-15-23(35-24)18-8-4-3-5-9-18/h3-15H,16H2,1-2H3. The highest BCUT2D eigenvalue weighted by molar-refractivity contribution is 7.98. The Labute approximate surface area is 210 Å².